The van der Waals surface area contributed by atoms with E-state index in [-0.39, 0.29) is 36.1 Å². The molecule has 0 radical (unpaired) electrons. The van der Waals surface area contributed by atoms with Gasteiger partial charge in [-0.3, -0.25) is 9.59 Å². The summed E-state index contributed by atoms with van der Waals surface area (Å²) in [5.41, 5.74) is 13.4. The first-order valence-corrected chi connectivity index (χ1v) is 11.5. The smallest absolute Gasteiger partial charge is 0.326 e. The van der Waals surface area contributed by atoms with Crippen LogP contribution in [-0.2, 0) is 16.1 Å². The molecule has 0 bridgehead atoms. The standard InChI is InChI=1S/C24H31N9O4/c1-24(2,3)32-17(34)10-9-16(22(36)37)29-21(35)13-5-7-15(8-6-13)33(4)12-14-11-27-20-18(28-14)19(25)30-23(26)31-20/h5-8,11,16H,9-10,12H2,1-4H3,(H,29,35)(H,32,34)(H,36,37)(H4,25,26,27,30,31)/t16-/m0/s1. The maximum Gasteiger partial charge on any atom is 0.326 e. The molecule has 13 heteroatoms. The molecule has 0 saturated carbocycles. The molecule has 0 aliphatic rings. The number of aromatic nitrogens is 4. The van der Waals surface area contributed by atoms with E-state index in [1.54, 1.807) is 30.5 Å². The number of nitrogens with one attached hydrogen (secondary N) is 2. The Morgan fingerprint density at radius 1 is 1.08 bits per heavy atom. The van der Waals surface area contributed by atoms with Crippen LogP contribution in [0, 0.1) is 0 Å². The molecule has 0 fully saturated rings. The Labute approximate surface area is 213 Å². The molecule has 0 saturated heterocycles. The highest BCUT2D eigenvalue weighted by atomic mass is 16.4. The fourth-order valence-electron chi connectivity index (χ4n) is 3.52. The van der Waals surface area contributed by atoms with Gasteiger partial charge < -0.3 is 32.1 Å². The van der Waals surface area contributed by atoms with Crippen LogP contribution in [0.25, 0.3) is 11.2 Å². The van der Waals surface area contributed by atoms with E-state index in [1.807, 2.05) is 32.7 Å². The fraction of sp³-hybridized carbons (Fsp3) is 0.375. The minimum Gasteiger partial charge on any atom is -0.480 e. The van der Waals surface area contributed by atoms with E-state index in [0.717, 1.165) is 5.69 Å². The predicted molar refractivity (Wildman–Crippen MR) is 139 cm³/mol. The molecule has 0 aliphatic heterocycles. The zero-order valence-electron chi connectivity index (χ0n) is 21.1. The number of nitrogens with two attached hydrogens (primary N) is 2. The lowest BCUT2D eigenvalue weighted by Crippen LogP contribution is -2.44. The molecule has 13 nitrogen and oxygen atoms in total. The van der Waals surface area contributed by atoms with E-state index >= 15 is 0 Å². The highest BCUT2D eigenvalue weighted by molar-refractivity contribution is 5.97. The number of carboxylic acids is 1. The van der Waals surface area contributed by atoms with E-state index < -0.39 is 23.5 Å². The molecule has 2 heterocycles. The van der Waals surface area contributed by atoms with Crippen molar-refractivity contribution in [2.75, 3.05) is 23.4 Å². The highest BCUT2D eigenvalue weighted by Crippen LogP contribution is 2.19. The summed E-state index contributed by atoms with van der Waals surface area (Å²) in [6.07, 6.45) is 1.51. The van der Waals surface area contributed by atoms with Gasteiger partial charge in [0.1, 0.15) is 6.04 Å². The SMILES string of the molecule is CN(Cc1cnc2nc(N)nc(N)c2n1)c1ccc(C(=O)N[C@@H](CCC(=O)NC(C)(C)C)C(=O)O)cc1. The van der Waals surface area contributed by atoms with Crippen LogP contribution in [0.4, 0.5) is 17.5 Å². The molecular weight excluding hydrogens is 478 g/mol. The third-order valence-electron chi connectivity index (χ3n) is 5.25. The molecule has 2 aromatic heterocycles. The van der Waals surface area contributed by atoms with Gasteiger partial charge >= 0.3 is 5.97 Å². The van der Waals surface area contributed by atoms with Crippen LogP contribution in [0.2, 0.25) is 0 Å². The van der Waals surface area contributed by atoms with Crippen LogP contribution in [0.5, 0.6) is 0 Å². The highest BCUT2D eigenvalue weighted by Gasteiger charge is 2.23. The van der Waals surface area contributed by atoms with Crippen LogP contribution in [0.1, 0.15) is 49.7 Å². The first kappa shape index (κ1) is 27.0. The maximum absolute atomic E-state index is 12.6. The van der Waals surface area contributed by atoms with Crippen LogP contribution in [0.15, 0.2) is 30.5 Å². The number of fused-ring (bicyclic) bond motifs is 1. The summed E-state index contributed by atoms with van der Waals surface area (Å²) in [6, 6.07) is 5.45. The Morgan fingerprint density at radius 3 is 2.38 bits per heavy atom. The number of benzene rings is 1. The predicted octanol–water partition coefficient (Wildman–Crippen LogP) is 1.10. The van der Waals surface area contributed by atoms with Crippen molar-refractivity contribution in [3.05, 3.63) is 41.7 Å². The first-order chi connectivity index (χ1) is 17.3. The monoisotopic (exact) mass is 509 g/mol. The molecule has 0 aliphatic carbocycles. The summed E-state index contributed by atoms with van der Waals surface area (Å²) in [5, 5.41) is 14.7. The Morgan fingerprint density at radius 2 is 1.76 bits per heavy atom. The van der Waals surface area contributed by atoms with Gasteiger partial charge in [0.2, 0.25) is 11.9 Å². The number of hydrogen-bond donors (Lipinski definition) is 5. The van der Waals surface area contributed by atoms with E-state index in [0.29, 0.717) is 23.4 Å². The summed E-state index contributed by atoms with van der Waals surface area (Å²) in [5.74, 6) is -1.87. The molecular formula is C24H31N9O4. The number of anilines is 3. The lowest BCUT2D eigenvalue weighted by atomic mass is 10.1. The summed E-state index contributed by atoms with van der Waals surface area (Å²) in [7, 11) is 1.84. The van der Waals surface area contributed by atoms with Crippen LogP contribution >= 0.6 is 0 Å². The molecule has 1 atom stereocenters. The van der Waals surface area contributed by atoms with Crippen molar-refractivity contribution in [1.82, 2.24) is 30.6 Å². The number of nitrogens with zero attached hydrogens (tertiary/aromatic N) is 5. The quantitative estimate of drug-likeness (QED) is 0.276. The van der Waals surface area contributed by atoms with Gasteiger partial charge in [-0.05, 0) is 51.5 Å². The van der Waals surface area contributed by atoms with Crippen LogP contribution in [-0.4, -0.2) is 61.5 Å². The van der Waals surface area contributed by atoms with Crippen molar-refractivity contribution in [3.8, 4) is 0 Å². The average Bonchev–Trinajstić information content (AvgIpc) is 2.80. The summed E-state index contributed by atoms with van der Waals surface area (Å²) in [6.45, 7) is 5.88. The van der Waals surface area contributed by atoms with Crippen LogP contribution < -0.4 is 27.0 Å². The van der Waals surface area contributed by atoms with Gasteiger partial charge in [-0.2, -0.15) is 9.97 Å². The molecule has 196 valence electrons. The van der Waals surface area contributed by atoms with Gasteiger partial charge in [0.25, 0.3) is 5.91 Å². The number of nitrogen functional groups attached to an aromatic ring is 2. The number of hydrogen-bond acceptors (Lipinski definition) is 10. The van der Waals surface area contributed by atoms with Gasteiger partial charge in [0, 0.05) is 30.3 Å². The minimum absolute atomic E-state index is 0.0222. The molecule has 37 heavy (non-hydrogen) atoms. The van der Waals surface area contributed by atoms with Crippen molar-refractivity contribution >= 4 is 46.4 Å². The van der Waals surface area contributed by atoms with Gasteiger partial charge in [0.15, 0.2) is 17.0 Å². The summed E-state index contributed by atoms with van der Waals surface area (Å²) >= 11 is 0. The second kappa shape index (κ2) is 11.0. The lowest BCUT2D eigenvalue weighted by Gasteiger charge is -2.21. The number of carboxylic acid groups (broad SMARTS) is 1. The second-order valence-corrected chi connectivity index (χ2v) is 9.60. The van der Waals surface area contributed by atoms with Gasteiger partial charge in [-0.1, -0.05) is 0 Å². The van der Waals surface area contributed by atoms with Crippen molar-refractivity contribution < 1.29 is 19.5 Å². The summed E-state index contributed by atoms with van der Waals surface area (Å²) in [4.78, 5) is 54.8. The van der Waals surface area contributed by atoms with Crippen molar-refractivity contribution in [3.63, 3.8) is 0 Å². The van der Waals surface area contributed by atoms with Gasteiger partial charge in [-0.15, -0.1) is 0 Å². The van der Waals surface area contributed by atoms with Gasteiger partial charge in [0.05, 0.1) is 18.4 Å². The topological polar surface area (TPSA) is 202 Å². The Bertz CT molecular complexity index is 1310. The second-order valence-electron chi connectivity index (χ2n) is 9.60. The van der Waals surface area contributed by atoms with Crippen molar-refractivity contribution in [2.45, 2.75) is 51.7 Å². The van der Waals surface area contributed by atoms with Gasteiger partial charge in [-0.25, -0.2) is 14.8 Å². The zero-order valence-corrected chi connectivity index (χ0v) is 21.1. The number of rotatable bonds is 9. The molecule has 0 unspecified atom stereocenters. The Kier molecular flexibility index (Phi) is 8.05. The van der Waals surface area contributed by atoms with Crippen molar-refractivity contribution in [1.29, 1.82) is 0 Å². The first-order valence-electron chi connectivity index (χ1n) is 11.5. The largest absolute Gasteiger partial charge is 0.480 e. The Balaban J connectivity index is 1.62. The molecule has 1 aromatic carbocycles. The molecule has 2 amide bonds. The van der Waals surface area contributed by atoms with Crippen LogP contribution in [0.3, 0.4) is 0 Å². The van der Waals surface area contributed by atoms with E-state index in [4.69, 9.17) is 11.5 Å². The number of carbonyl (C=O) groups is 3. The average molecular weight is 510 g/mol. The lowest BCUT2D eigenvalue weighted by molar-refractivity contribution is -0.139. The third kappa shape index (κ3) is 7.46. The van der Waals surface area contributed by atoms with E-state index in [2.05, 4.69) is 30.6 Å². The minimum atomic E-state index is -1.21. The van der Waals surface area contributed by atoms with E-state index in [9.17, 15) is 19.5 Å². The maximum atomic E-state index is 12.6. The molecule has 0 spiro atoms. The fourth-order valence-corrected chi connectivity index (χ4v) is 3.52. The number of carbonyl (C=O) groups excluding carboxylic acids is 2. The molecule has 7 N–H and O–H groups in total. The third-order valence-corrected chi connectivity index (χ3v) is 5.25. The molecule has 3 aromatic rings. The van der Waals surface area contributed by atoms with E-state index in [1.165, 1.54) is 0 Å². The normalized spacial score (nSPS) is 12.1. The number of amides is 2. The number of aliphatic carboxylic acids is 1. The summed E-state index contributed by atoms with van der Waals surface area (Å²) < 4.78 is 0. The zero-order chi connectivity index (χ0) is 27.3. The Hall–Kier alpha value is -4.55. The molecule has 3 rings (SSSR count). The van der Waals surface area contributed by atoms with Crippen molar-refractivity contribution in [2.24, 2.45) is 0 Å².